The first-order chi connectivity index (χ1) is 8.76. The van der Waals surface area contributed by atoms with Gasteiger partial charge in [-0.25, -0.2) is 4.39 Å². The topological polar surface area (TPSA) is 81.5 Å². The number of ether oxygens (including phenoxy) is 1. The van der Waals surface area contributed by atoms with Crippen LogP contribution in [0.4, 0.5) is 10.1 Å². The highest BCUT2D eigenvalue weighted by Gasteiger charge is 2.23. The molecular formula is C12H15FN2O4. The van der Waals surface area contributed by atoms with Crippen molar-refractivity contribution in [1.82, 2.24) is 5.32 Å². The van der Waals surface area contributed by atoms with Crippen molar-refractivity contribution in [1.29, 1.82) is 0 Å². The molecule has 0 atom stereocenters. The van der Waals surface area contributed by atoms with E-state index in [4.69, 9.17) is 4.74 Å². The van der Waals surface area contributed by atoms with Crippen LogP contribution in [0.15, 0.2) is 18.2 Å². The molecule has 0 bridgehead atoms. The van der Waals surface area contributed by atoms with Crippen molar-refractivity contribution < 1.29 is 18.8 Å². The maximum absolute atomic E-state index is 13.1. The lowest BCUT2D eigenvalue weighted by Gasteiger charge is -2.23. The molecule has 104 valence electrons. The van der Waals surface area contributed by atoms with Crippen molar-refractivity contribution in [3.63, 3.8) is 0 Å². The highest BCUT2D eigenvalue weighted by molar-refractivity contribution is 5.98. The number of hydrogen-bond donors (Lipinski definition) is 1. The zero-order valence-electron chi connectivity index (χ0n) is 10.9. The van der Waals surface area contributed by atoms with Crippen LogP contribution in [0.3, 0.4) is 0 Å². The predicted octanol–water partition coefficient (Wildman–Crippen LogP) is 1.89. The third-order valence-corrected chi connectivity index (χ3v) is 2.63. The van der Waals surface area contributed by atoms with Gasteiger partial charge in [0.25, 0.3) is 11.6 Å². The number of methoxy groups -OCH3 is 1. The number of nitrogens with one attached hydrogen (secondary N) is 1. The number of nitro benzene ring substituents is 1. The summed E-state index contributed by atoms with van der Waals surface area (Å²) in [6.45, 7) is 3.64. The largest absolute Gasteiger partial charge is 0.377 e. The maximum atomic E-state index is 13.1. The molecule has 1 amide bonds. The molecule has 0 fully saturated rings. The van der Waals surface area contributed by atoms with E-state index in [1.807, 2.05) is 0 Å². The van der Waals surface area contributed by atoms with Crippen LogP contribution in [-0.2, 0) is 4.74 Å². The summed E-state index contributed by atoms with van der Waals surface area (Å²) in [6, 6.07) is 2.74. The maximum Gasteiger partial charge on any atom is 0.282 e. The number of nitrogens with zero attached hydrogens (tertiary/aromatic N) is 1. The first kappa shape index (κ1) is 15.0. The Labute approximate surface area is 109 Å². The van der Waals surface area contributed by atoms with Crippen LogP contribution in [0.1, 0.15) is 24.2 Å². The third-order valence-electron chi connectivity index (χ3n) is 2.63. The zero-order chi connectivity index (χ0) is 14.6. The average molecular weight is 270 g/mol. The van der Waals surface area contributed by atoms with Gasteiger partial charge in [0.2, 0.25) is 0 Å². The van der Waals surface area contributed by atoms with Crippen molar-refractivity contribution in [2.24, 2.45) is 0 Å². The molecule has 1 aromatic rings. The van der Waals surface area contributed by atoms with Crippen molar-refractivity contribution in [2.45, 2.75) is 19.4 Å². The molecule has 0 aliphatic rings. The molecule has 19 heavy (non-hydrogen) atoms. The number of amides is 1. The average Bonchev–Trinajstić information content (AvgIpc) is 2.35. The summed E-state index contributed by atoms with van der Waals surface area (Å²) in [4.78, 5) is 21.9. The summed E-state index contributed by atoms with van der Waals surface area (Å²) in [5, 5.41) is 13.3. The van der Waals surface area contributed by atoms with Crippen LogP contribution < -0.4 is 5.32 Å². The van der Waals surface area contributed by atoms with E-state index in [2.05, 4.69) is 5.32 Å². The Morgan fingerprint density at radius 2 is 2.16 bits per heavy atom. The quantitative estimate of drug-likeness (QED) is 0.654. The molecule has 0 saturated carbocycles. The second kappa shape index (κ2) is 5.75. The van der Waals surface area contributed by atoms with E-state index in [9.17, 15) is 19.3 Å². The van der Waals surface area contributed by atoms with Crippen LogP contribution in [0.2, 0.25) is 0 Å². The van der Waals surface area contributed by atoms with Crippen molar-refractivity contribution in [3.8, 4) is 0 Å². The Bertz CT molecular complexity index is 503. The minimum atomic E-state index is -0.726. The smallest absolute Gasteiger partial charge is 0.282 e. The first-order valence-corrected chi connectivity index (χ1v) is 5.54. The van der Waals surface area contributed by atoms with Gasteiger partial charge in [-0.2, -0.15) is 0 Å². The SMILES string of the molecule is COC(C)(C)CNC(=O)c1cc(F)ccc1[N+](=O)[O-]. The first-order valence-electron chi connectivity index (χ1n) is 5.54. The summed E-state index contributed by atoms with van der Waals surface area (Å²) in [5.74, 6) is -1.42. The van der Waals surface area contributed by atoms with E-state index in [1.165, 1.54) is 7.11 Å². The van der Waals surface area contributed by atoms with Crippen LogP contribution in [0, 0.1) is 15.9 Å². The molecule has 6 nitrogen and oxygen atoms in total. The van der Waals surface area contributed by atoms with Gasteiger partial charge in [-0.05, 0) is 26.0 Å². The van der Waals surface area contributed by atoms with E-state index < -0.39 is 27.9 Å². The predicted molar refractivity (Wildman–Crippen MR) is 66.5 cm³/mol. The second-order valence-corrected chi connectivity index (χ2v) is 4.57. The molecule has 0 saturated heterocycles. The number of hydrogen-bond acceptors (Lipinski definition) is 4. The Morgan fingerprint density at radius 1 is 1.53 bits per heavy atom. The van der Waals surface area contributed by atoms with Gasteiger partial charge in [-0.1, -0.05) is 0 Å². The fraction of sp³-hybridized carbons (Fsp3) is 0.417. The normalized spacial score (nSPS) is 11.2. The van der Waals surface area contributed by atoms with E-state index in [-0.39, 0.29) is 12.1 Å². The lowest BCUT2D eigenvalue weighted by molar-refractivity contribution is -0.385. The van der Waals surface area contributed by atoms with Crippen LogP contribution in [-0.4, -0.2) is 30.1 Å². The van der Waals surface area contributed by atoms with Gasteiger partial charge in [0, 0.05) is 19.7 Å². The molecule has 0 radical (unpaired) electrons. The number of carbonyl (C=O) groups excluding carboxylic acids is 1. The lowest BCUT2D eigenvalue weighted by atomic mass is 10.1. The Kier molecular flexibility index (Phi) is 4.55. The minimum Gasteiger partial charge on any atom is -0.377 e. The zero-order valence-corrected chi connectivity index (χ0v) is 10.9. The Morgan fingerprint density at radius 3 is 2.68 bits per heavy atom. The lowest BCUT2D eigenvalue weighted by Crippen LogP contribution is -2.39. The van der Waals surface area contributed by atoms with Crippen molar-refractivity contribution in [3.05, 3.63) is 39.7 Å². The number of halogens is 1. The molecule has 0 aliphatic carbocycles. The van der Waals surface area contributed by atoms with E-state index in [1.54, 1.807) is 13.8 Å². The summed E-state index contributed by atoms with van der Waals surface area (Å²) >= 11 is 0. The van der Waals surface area contributed by atoms with Crippen LogP contribution in [0.25, 0.3) is 0 Å². The fourth-order valence-corrected chi connectivity index (χ4v) is 1.31. The highest BCUT2D eigenvalue weighted by Crippen LogP contribution is 2.19. The van der Waals surface area contributed by atoms with Crippen molar-refractivity contribution >= 4 is 11.6 Å². The molecule has 1 rings (SSSR count). The van der Waals surface area contributed by atoms with Gasteiger partial charge >= 0.3 is 0 Å². The van der Waals surface area contributed by atoms with E-state index in [0.717, 1.165) is 18.2 Å². The molecule has 0 aromatic heterocycles. The van der Waals surface area contributed by atoms with Gasteiger partial charge in [0.1, 0.15) is 11.4 Å². The summed E-state index contributed by atoms with van der Waals surface area (Å²) in [6.07, 6.45) is 0. The van der Waals surface area contributed by atoms with Crippen molar-refractivity contribution in [2.75, 3.05) is 13.7 Å². The summed E-state index contributed by atoms with van der Waals surface area (Å²) < 4.78 is 18.2. The highest BCUT2D eigenvalue weighted by atomic mass is 19.1. The number of benzene rings is 1. The van der Waals surface area contributed by atoms with Gasteiger partial charge in [-0.15, -0.1) is 0 Å². The Balaban J connectivity index is 2.93. The van der Waals surface area contributed by atoms with Gasteiger partial charge in [0.15, 0.2) is 0 Å². The van der Waals surface area contributed by atoms with Gasteiger partial charge in [0.05, 0.1) is 10.5 Å². The summed E-state index contributed by atoms with van der Waals surface area (Å²) in [5.41, 5.74) is -1.36. The minimum absolute atomic E-state index is 0.149. The Hall–Kier alpha value is -2.02. The number of nitro groups is 1. The monoisotopic (exact) mass is 270 g/mol. The molecule has 0 aliphatic heterocycles. The van der Waals surface area contributed by atoms with Crippen LogP contribution >= 0.6 is 0 Å². The summed E-state index contributed by atoms with van der Waals surface area (Å²) in [7, 11) is 1.48. The number of carbonyl (C=O) groups is 1. The van der Waals surface area contributed by atoms with E-state index in [0.29, 0.717) is 0 Å². The second-order valence-electron chi connectivity index (χ2n) is 4.57. The molecule has 1 N–H and O–H groups in total. The molecular weight excluding hydrogens is 255 g/mol. The molecule has 0 heterocycles. The van der Waals surface area contributed by atoms with Gasteiger partial charge < -0.3 is 10.1 Å². The third kappa shape index (κ3) is 3.99. The van der Waals surface area contributed by atoms with E-state index >= 15 is 0 Å². The van der Waals surface area contributed by atoms with Crippen LogP contribution in [0.5, 0.6) is 0 Å². The molecule has 1 aromatic carbocycles. The standard InChI is InChI=1S/C12H15FN2O4/c1-12(2,19-3)7-14-11(16)9-6-8(13)4-5-10(9)15(17)18/h4-6H,7H2,1-3H3,(H,14,16). The van der Waals surface area contributed by atoms with Gasteiger partial charge in [-0.3, -0.25) is 14.9 Å². The molecule has 0 unspecified atom stereocenters. The fourth-order valence-electron chi connectivity index (χ4n) is 1.31. The molecule has 7 heteroatoms. The molecule has 0 spiro atoms. The number of rotatable bonds is 5.